The third-order valence-electron chi connectivity index (χ3n) is 3.68. The third kappa shape index (κ3) is 2.56. The summed E-state index contributed by atoms with van der Waals surface area (Å²) in [5.41, 5.74) is 8.45. The maximum absolute atomic E-state index is 6.12. The molecule has 0 amide bonds. The topological polar surface area (TPSA) is 55.0 Å². The molecule has 0 fully saturated rings. The van der Waals surface area contributed by atoms with Crippen LogP contribution in [0.5, 0.6) is 0 Å². The summed E-state index contributed by atoms with van der Waals surface area (Å²) >= 11 is 1.68. The number of fused-ring (bicyclic) bond motifs is 1. The number of para-hydroxylation sites is 1. The Labute approximate surface area is 128 Å². The molecule has 0 unspecified atom stereocenters. The zero-order valence-electron chi connectivity index (χ0n) is 12.4. The van der Waals surface area contributed by atoms with Gasteiger partial charge < -0.3 is 10.6 Å². The number of benzene rings is 1. The predicted octanol–water partition coefficient (Wildman–Crippen LogP) is 3.53. The van der Waals surface area contributed by atoms with Gasteiger partial charge >= 0.3 is 0 Å². The van der Waals surface area contributed by atoms with Crippen molar-refractivity contribution in [1.82, 2.24) is 9.97 Å². The second-order valence-electron chi connectivity index (χ2n) is 5.18. The molecule has 21 heavy (non-hydrogen) atoms. The summed E-state index contributed by atoms with van der Waals surface area (Å²) in [5.74, 6) is 1.34. The van der Waals surface area contributed by atoms with Crippen LogP contribution in [-0.4, -0.2) is 17.0 Å². The Kier molecular flexibility index (Phi) is 3.51. The third-order valence-corrected chi connectivity index (χ3v) is 4.78. The average Bonchev–Trinajstić information content (AvgIpc) is 2.75. The highest BCUT2D eigenvalue weighted by molar-refractivity contribution is 7.18. The van der Waals surface area contributed by atoms with Crippen molar-refractivity contribution in [1.29, 1.82) is 0 Å². The molecule has 0 spiro atoms. The van der Waals surface area contributed by atoms with Gasteiger partial charge in [0.1, 0.15) is 10.6 Å². The highest BCUT2D eigenvalue weighted by Crippen LogP contribution is 2.32. The summed E-state index contributed by atoms with van der Waals surface area (Å²) in [5, 5.41) is 1.00. The highest BCUT2D eigenvalue weighted by atomic mass is 32.1. The SMILES string of the molecule is Cc1sc2nc(CN(C)c3ccccc3)nc(N)c2c1C. The molecule has 0 bridgehead atoms. The summed E-state index contributed by atoms with van der Waals surface area (Å²) in [7, 11) is 2.03. The number of aryl methyl sites for hydroxylation is 2. The molecule has 0 aliphatic heterocycles. The Morgan fingerprint density at radius 3 is 2.57 bits per heavy atom. The van der Waals surface area contributed by atoms with Crippen molar-refractivity contribution in [3.05, 3.63) is 46.6 Å². The summed E-state index contributed by atoms with van der Waals surface area (Å²) in [6.07, 6.45) is 0. The van der Waals surface area contributed by atoms with Crippen LogP contribution in [0.3, 0.4) is 0 Å². The van der Waals surface area contributed by atoms with E-state index in [0.29, 0.717) is 12.4 Å². The van der Waals surface area contributed by atoms with E-state index in [1.165, 1.54) is 10.4 Å². The van der Waals surface area contributed by atoms with Crippen LogP contribution >= 0.6 is 11.3 Å². The predicted molar refractivity (Wildman–Crippen MR) is 89.9 cm³/mol. The van der Waals surface area contributed by atoms with E-state index < -0.39 is 0 Å². The van der Waals surface area contributed by atoms with E-state index >= 15 is 0 Å². The van der Waals surface area contributed by atoms with Crippen molar-refractivity contribution >= 4 is 33.1 Å². The van der Waals surface area contributed by atoms with Gasteiger partial charge in [0.25, 0.3) is 0 Å². The average molecular weight is 298 g/mol. The summed E-state index contributed by atoms with van der Waals surface area (Å²) in [6, 6.07) is 10.2. The minimum Gasteiger partial charge on any atom is -0.383 e. The molecule has 108 valence electrons. The molecule has 0 atom stereocenters. The fourth-order valence-corrected chi connectivity index (χ4v) is 3.44. The summed E-state index contributed by atoms with van der Waals surface area (Å²) in [6.45, 7) is 4.81. The van der Waals surface area contributed by atoms with Gasteiger partial charge in [-0.2, -0.15) is 0 Å². The van der Waals surface area contributed by atoms with Crippen molar-refractivity contribution in [2.45, 2.75) is 20.4 Å². The van der Waals surface area contributed by atoms with Gasteiger partial charge in [0.2, 0.25) is 0 Å². The first kappa shape index (κ1) is 13.8. The minimum absolute atomic E-state index is 0.582. The Hall–Kier alpha value is -2.14. The molecule has 2 aromatic heterocycles. The molecule has 5 heteroatoms. The molecule has 2 heterocycles. The van der Waals surface area contributed by atoms with Crippen LogP contribution in [0.1, 0.15) is 16.3 Å². The normalized spacial score (nSPS) is 11.0. The van der Waals surface area contributed by atoms with Crippen LogP contribution in [0.4, 0.5) is 11.5 Å². The van der Waals surface area contributed by atoms with Crippen LogP contribution < -0.4 is 10.6 Å². The zero-order chi connectivity index (χ0) is 15.0. The lowest BCUT2D eigenvalue weighted by molar-refractivity contribution is 0.851. The number of hydrogen-bond acceptors (Lipinski definition) is 5. The number of nitrogens with two attached hydrogens (primary N) is 1. The lowest BCUT2D eigenvalue weighted by atomic mass is 10.2. The monoisotopic (exact) mass is 298 g/mol. The van der Waals surface area contributed by atoms with E-state index in [1.54, 1.807) is 11.3 Å². The molecule has 4 nitrogen and oxygen atoms in total. The van der Waals surface area contributed by atoms with Crippen LogP contribution in [0, 0.1) is 13.8 Å². The molecule has 3 rings (SSSR count). The van der Waals surface area contributed by atoms with Gasteiger partial charge in [0, 0.05) is 17.6 Å². The molecule has 3 aromatic rings. The molecular weight excluding hydrogens is 280 g/mol. The van der Waals surface area contributed by atoms with Crippen LogP contribution in [0.25, 0.3) is 10.2 Å². The first-order valence-electron chi connectivity index (χ1n) is 6.84. The van der Waals surface area contributed by atoms with E-state index in [9.17, 15) is 0 Å². The molecule has 0 aliphatic rings. The highest BCUT2D eigenvalue weighted by Gasteiger charge is 2.13. The van der Waals surface area contributed by atoms with Crippen molar-refractivity contribution in [3.8, 4) is 0 Å². The van der Waals surface area contributed by atoms with Gasteiger partial charge in [-0.3, -0.25) is 0 Å². The lowest BCUT2D eigenvalue weighted by Gasteiger charge is -2.18. The maximum Gasteiger partial charge on any atom is 0.151 e. The van der Waals surface area contributed by atoms with Crippen molar-refractivity contribution in [3.63, 3.8) is 0 Å². The summed E-state index contributed by atoms with van der Waals surface area (Å²) < 4.78 is 0. The Balaban J connectivity index is 1.95. The molecule has 0 saturated heterocycles. The molecule has 0 radical (unpaired) electrons. The van der Waals surface area contributed by atoms with Gasteiger partial charge in [-0.05, 0) is 31.5 Å². The number of rotatable bonds is 3. The molecule has 2 N–H and O–H groups in total. The Bertz CT molecular complexity index is 780. The van der Waals surface area contributed by atoms with Crippen molar-refractivity contribution in [2.24, 2.45) is 0 Å². The largest absolute Gasteiger partial charge is 0.383 e. The fourth-order valence-electron chi connectivity index (χ4n) is 2.38. The van der Waals surface area contributed by atoms with Gasteiger partial charge in [-0.15, -0.1) is 11.3 Å². The maximum atomic E-state index is 6.12. The van der Waals surface area contributed by atoms with E-state index in [1.807, 2.05) is 25.2 Å². The molecular formula is C16H18N4S. The van der Waals surface area contributed by atoms with Crippen molar-refractivity contribution in [2.75, 3.05) is 17.7 Å². The number of nitrogens with zero attached hydrogens (tertiary/aromatic N) is 3. The van der Waals surface area contributed by atoms with Crippen LogP contribution in [0.15, 0.2) is 30.3 Å². The van der Waals surface area contributed by atoms with Gasteiger partial charge in [0.15, 0.2) is 5.82 Å². The smallest absolute Gasteiger partial charge is 0.151 e. The van der Waals surface area contributed by atoms with Crippen LogP contribution in [-0.2, 0) is 6.54 Å². The molecule has 1 aromatic carbocycles. The van der Waals surface area contributed by atoms with Gasteiger partial charge in [-0.25, -0.2) is 9.97 Å². The van der Waals surface area contributed by atoms with E-state index in [2.05, 4.69) is 40.8 Å². The molecule has 0 saturated carbocycles. The second-order valence-corrected chi connectivity index (χ2v) is 6.38. The fraction of sp³-hybridized carbons (Fsp3) is 0.250. The Morgan fingerprint density at radius 2 is 1.86 bits per heavy atom. The molecule has 0 aliphatic carbocycles. The minimum atomic E-state index is 0.582. The number of aromatic nitrogens is 2. The second kappa shape index (κ2) is 5.33. The van der Waals surface area contributed by atoms with Crippen LogP contribution in [0.2, 0.25) is 0 Å². The lowest BCUT2D eigenvalue weighted by Crippen LogP contribution is -2.18. The quantitative estimate of drug-likeness (QED) is 0.803. The van der Waals surface area contributed by atoms with E-state index in [4.69, 9.17) is 5.73 Å². The van der Waals surface area contributed by atoms with E-state index in [-0.39, 0.29) is 0 Å². The number of nitrogen functional groups attached to an aromatic ring is 1. The summed E-state index contributed by atoms with van der Waals surface area (Å²) in [4.78, 5) is 13.5. The van der Waals surface area contributed by atoms with E-state index in [0.717, 1.165) is 21.7 Å². The van der Waals surface area contributed by atoms with Gasteiger partial charge in [0.05, 0.1) is 11.9 Å². The first-order chi connectivity index (χ1) is 10.1. The number of hydrogen-bond donors (Lipinski definition) is 1. The standard InChI is InChI=1S/C16H18N4S/c1-10-11(2)21-16-14(10)15(17)18-13(19-16)9-20(3)12-7-5-4-6-8-12/h4-8H,9H2,1-3H3,(H2,17,18,19). The zero-order valence-corrected chi connectivity index (χ0v) is 13.2. The Morgan fingerprint density at radius 1 is 1.14 bits per heavy atom. The number of thiophene rings is 1. The number of anilines is 2. The van der Waals surface area contributed by atoms with Crippen molar-refractivity contribution < 1.29 is 0 Å². The first-order valence-corrected chi connectivity index (χ1v) is 7.66. The van der Waals surface area contributed by atoms with Gasteiger partial charge in [-0.1, -0.05) is 18.2 Å².